The molecule has 4 rings (SSSR count). The van der Waals surface area contributed by atoms with Gasteiger partial charge in [-0.15, -0.1) is 0 Å². The van der Waals surface area contributed by atoms with Crippen LogP contribution in [0.15, 0.2) is 24.3 Å². The number of H-pyrrole nitrogens is 1. The van der Waals surface area contributed by atoms with Gasteiger partial charge in [0.25, 0.3) is 0 Å². The highest BCUT2D eigenvalue weighted by molar-refractivity contribution is 5.74. The molecule has 1 aromatic carbocycles. The van der Waals surface area contributed by atoms with E-state index >= 15 is 0 Å². The second kappa shape index (κ2) is 5.16. The first kappa shape index (κ1) is 12.3. The quantitative estimate of drug-likeness (QED) is 0.918. The van der Waals surface area contributed by atoms with Crippen LogP contribution in [0.4, 0.5) is 0 Å². The summed E-state index contributed by atoms with van der Waals surface area (Å²) in [5.41, 5.74) is 2.19. The molecule has 0 amide bonds. The number of likely N-dealkylation sites (tertiary alicyclic amines) is 1. The smallest absolute Gasteiger partial charge is 0.112 e. The molecule has 3 heterocycles. The Bertz CT molecular complexity index is 553. The molecule has 0 saturated carbocycles. The van der Waals surface area contributed by atoms with E-state index in [1.54, 1.807) is 0 Å². The van der Waals surface area contributed by atoms with Crippen molar-refractivity contribution in [2.45, 2.75) is 12.0 Å². The van der Waals surface area contributed by atoms with E-state index in [1.807, 2.05) is 12.1 Å². The highest BCUT2D eigenvalue weighted by Crippen LogP contribution is 2.27. The molecule has 5 nitrogen and oxygen atoms in total. The zero-order chi connectivity index (χ0) is 13.4. The second-order valence-corrected chi connectivity index (χ2v) is 5.62. The summed E-state index contributed by atoms with van der Waals surface area (Å²) in [5.74, 6) is 1.63. The minimum absolute atomic E-state index is 0.236. The lowest BCUT2D eigenvalue weighted by Crippen LogP contribution is -2.50. The molecule has 0 spiro atoms. The molecule has 2 aliphatic rings. The Hall–Kier alpha value is -1.43. The Kier molecular flexibility index (Phi) is 3.18. The number of hydrogen-bond acceptors (Lipinski definition) is 4. The number of imidazole rings is 1. The molecule has 2 saturated heterocycles. The zero-order valence-electron chi connectivity index (χ0n) is 11.4. The Morgan fingerprint density at radius 1 is 1.25 bits per heavy atom. The van der Waals surface area contributed by atoms with Gasteiger partial charge < -0.3 is 14.5 Å². The van der Waals surface area contributed by atoms with Crippen LogP contribution in [0, 0.1) is 0 Å². The number of benzene rings is 1. The van der Waals surface area contributed by atoms with Gasteiger partial charge in [-0.25, -0.2) is 4.98 Å². The number of ether oxygens (including phenoxy) is 2. The van der Waals surface area contributed by atoms with E-state index < -0.39 is 0 Å². The fraction of sp³-hybridized carbons (Fsp3) is 0.533. The maximum atomic E-state index is 5.68. The summed E-state index contributed by atoms with van der Waals surface area (Å²) in [6, 6.07) is 8.20. The fourth-order valence-corrected chi connectivity index (χ4v) is 2.99. The Balaban J connectivity index is 1.36. The van der Waals surface area contributed by atoms with Crippen molar-refractivity contribution in [3.05, 3.63) is 30.1 Å². The van der Waals surface area contributed by atoms with Crippen LogP contribution in [0.25, 0.3) is 11.0 Å². The Labute approximate surface area is 117 Å². The molecule has 0 unspecified atom stereocenters. The maximum absolute atomic E-state index is 5.68. The first-order valence-electron chi connectivity index (χ1n) is 7.25. The van der Waals surface area contributed by atoms with Crippen LogP contribution in [-0.4, -0.2) is 60.4 Å². The number of nitrogens with one attached hydrogen (secondary N) is 1. The van der Waals surface area contributed by atoms with Crippen LogP contribution in [0.2, 0.25) is 0 Å². The number of rotatable bonds is 3. The highest BCUT2D eigenvalue weighted by atomic mass is 16.6. The van der Waals surface area contributed by atoms with E-state index in [2.05, 4.69) is 27.0 Å². The van der Waals surface area contributed by atoms with E-state index in [9.17, 15) is 0 Å². The van der Waals surface area contributed by atoms with Crippen LogP contribution in [-0.2, 0) is 9.47 Å². The van der Waals surface area contributed by atoms with E-state index in [4.69, 9.17) is 9.47 Å². The standard InChI is InChI=1S/C15H19N3O2/c1-2-4-14-13(3-1)16-15(17-14)11-7-18(8-11)9-12-10-19-5-6-20-12/h1-4,11-12H,5-10H2,(H,16,17)/t12-/m1/s1. The monoisotopic (exact) mass is 273 g/mol. The third-order valence-electron chi connectivity index (χ3n) is 4.10. The van der Waals surface area contributed by atoms with Crippen molar-refractivity contribution in [1.29, 1.82) is 0 Å². The van der Waals surface area contributed by atoms with Crippen molar-refractivity contribution in [2.75, 3.05) is 39.5 Å². The molecule has 20 heavy (non-hydrogen) atoms. The fourth-order valence-electron chi connectivity index (χ4n) is 2.99. The van der Waals surface area contributed by atoms with E-state index in [1.165, 1.54) is 0 Å². The molecule has 0 bridgehead atoms. The van der Waals surface area contributed by atoms with Crippen LogP contribution < -0.4 is 0 Å². The van der Waals surface area contributed by atoms with Gasteiger partial charge in [0, 0.05) is 25.6 Å². The van der Waals surface area contributed by atoms with Crippen molar-refractivity contribution < 1.29 is 9.47 Å². The third kappa shape index (κ3) is 2.32. The van der Waals surface area contributed by atoms with Crippen molar-refractivity contribution in [3.63, 3.8) is 0 Å². The average molecular weight is 273 g/mol. The zero-order valence-corrected chi connectivity index (χ0v) is 11.4. The topological polar surface area (TPSA) is 50.4 Å². The lowest BCUT2D eigenvalue weighted by atomic mass is 9.99. The van der Waals surface area contributed by atoms with Crippen molar-refractivity contribution in [1.82, 2.24) is 14.9 Å². The SMILES string of the molecule is c1ccc2[nH]c(C3CN(C[C@@H]4COCCO4)C3)nc2c1. The predicted molar refractivity (Wildman–Crippen MR) is 75.8 cm³/mol. The van der Waals surface area contributed by atoms with Gasteiger partial charge in [0.05, 0.1) is 37.0 Å². The summed E-state index contributed by atoms with van der Waals surface area (Å²) < 4.78 is 11.1. The van der Waals surface area contributed by atoms with Gasteiger partial charge in [-0.2, -0.15) is 0 Å². The Morgan fingerprint density at radius 3 is 2.95 bits per heavy atom. The number of nitrogens with zero attached hydrogens (tertiary/aromatic N) is 2. The van der Waals surface area contributed by atoms with E-state index in [0.29, 0.717) is 5.92 Å². The van der Waals surface area contributed by atoms with Crippen LogP contribution in [0.3, 0.4) is 0 Å². The molecule has 0 radical (unpaired) electrons. The molecule has 106 valence electrons. The summed E-state index contributed by atoms with van der Waals surface area (Å²) >= 11 is 0. The van der Waals surface area contributed by atoms with Crippen molar-refractivity contribution in [2.24, 2.45) is 0 Å². The molecule has 0 aliphatic carbocycles. The molecule has 1 N–H and O–H groups in total. The number of fused-ring (bicyclic) bond motifs is 1. The van der Waals surface area contributed by atoms with E-state index in [-0.39, 0.29) is 6.10 Å². The largest absolute Gasteiger partial charge is 0.376 e. The van der Waals surface area contributed by atoms with Gasteiger partial charge >= 0.3 is 0 Å². The molecule has 2 aromatic rings. The number of aromatic amines is 1. The summed E-state index contributed by atoms with van der Waals surface area (Å²) in [4.78, 5) is 10.5. The van der Waals surface area contributed by atoms with Crippen LogP contribution in [0.5, 0.6) is 0 Å². The molecule has 2 aliphatic heterocycles. The van der Waals surface area contributed by atoms with Crippen molar-refractivity contribution >= 4 is 11.0 Å². The first-order chi connectivity index (χ1) is 9.88. The summed E-state index contributed by atoms with van der Waals surface area (Å²) in [6.07, 6.45) is 0.236. The van der Waals surface area contributed by atoms with Gasteiger partial charge in [0.2, 0.25) is 0 Å². The maximum Gasteiger partial charge on any atom is 0.112 e. The molecule has 1 atom stereocenters. The third-order valence-corrected chi connectivity index (χ3v) is 4.10. The van der Waals surface area contributed by atoms with Gasteiger partial charge in [0.15, 0.2) is 0 Å². The van der Waals surface area contributed by atoms with Gasteiger partial charge in [-0.1, -0.05) is 12.1 Å². The van der Waals surface area contributed by atoms with Gasteiger partial charge in [-0.05, 0) is 12.1 Å². The predicted octanol–water partition coefficient (Wildman–Crippen LogP) is 1.38. The minimum Gasteiger partial charge on any atom is -0.376 e. The normalized spacial score (nSPS) is 24.9. The van der Waals surface area contributed by atoms with Crippen LogP contribution >= 0.6 is 0 Å². The van der Waals surface area contributed by atoms with Crippen molar-refractivity contribution in [3.8, 4) is 0 Å². The number of aromatic nitrogens is 2. The lowest BCUT2D eigenvalue weighted by molar-refractivity contribution is -0.104. The van der Waals surface area contributed by atoms with Crippen LogP contribution in [0.1, 0.15) is 11.7 Å². The summed E-state index contributed by atoms with van der Waals surface area (Å²) in [6.45, 7) is 5.27. The molecular formula is C15H19N3O2. The minimum atomic E-state index is 0.236. The molecular weight excluding hydrogens is 254 g/mol. The molecule has 1 aromatic heterocycles. The molecule has 2 fully saturated rings. The molecule has 5 heteroatoms. The summed E-state index contributed by atoms with van der Waals surface area (Å²) in [5, 5.41) is 0. The second-order valence-electron chi connectivity index (χ2n) is 5.62. The highest BCUT2D eigenvalue weighted by Gasteiger charge is 2.32. The lowest BCUT2D eigenvalue weighted by Gasteiger charge is -2.40. The summed E-state index contributed by atoms with van der Waals surface area (Å²) in [7, 11) is 0. The van der Waals surface area contributed by atoms with Gasteiger partial charge in [0.1, 0.15) is 5.82 Å². The first-order valence-corrected chi connectivity index (χ1v) is 7.25. The van der Waals surface area contributed by atoms with Gasteiger partial charge in [-0.3, -0.25) is 4.90 Å². The average Bonchev–Trinajstić information content (AvgIpc) is 2.86. The Morgan fingerprint density at radius 2 is 2.15 bits per heavy atom. The number of hydrogen-bond donors (Lipinski definition) is 1. The number of para-hydroxylation sites is 2. The van der Waals surface area contributed by atoms with E-state index in [0.717, 1.165) is 56.3 Å².